The maximum absolute atomic E-state index is 11.8. The Morgan fingerprint density at radius 1 is 1.53 bits per heavy atom. The number of H-pyrrole nitrogens is 1. The van der Waals surface area contributed by atoms with E-state index >= 15 is 0 Å². The number of carbonyl (C=O) groups excluding carboxylic acids is 1. The zero-order chi connectivity index (χ0) is 10.7. The number of rotatable bonds is 2. The minimum atomic E-state index is -0.221. The van der Waals surface area contributed by atoms with E-state index < -0.39 is 0 Å². The molecule has 1 aromatic heterocycles. The third-order valence-corrected chi connectivity index (χ3v) is 2.83. The van der Waals surface area contributed by atoms with Crippen molar-refractivity contribution in [1.29, 1.82) is 0 Å². The van der Waals surface area contributed by atoms with E-state index in [4.69, 9.17) is 0 Å². The van der Waals surface area contributed by atoms with E-state index in [1.54, 1.807) is 0 Å². The van der Waals surface area contributed by atoms with Gasteiger partial charge in [-0.15, -0.1) is 0 Å². The SMILES string of the molecule is O=C(Cc1cc[nH]c1)N1CCC(O)CC1. The molecule has 0 aliphatic carbocycles. The number of aliphatic hydroxyl groups excluding tert-OH is 1. The topological polar surface area (TPSA) is 56.3 Å². The molecular weight excluding hydrogens is 192 g/mol. The van der Waals surface area contributed by atoms with E-state index in [1.807, 2.05) is 23.4 Å². The summed E-state index contributed by atoms with van der Waals surface area (Å²) in [6, 6.07) is 1.91. The third kappa shape index (κ3) is 2.59. The molecule has 1 amide bonds. The summed E-state index contributed by atoms with van der Waals surface area (Å²) in [6.45, 7) is 1.37. The zero-order valence-corrected chi connectivity index (χ0v) is 8.65. The molecule has 2 N–H and O–H groups in total. The first kappa shape index (κ1) is 10.2. The molecule has 1 fully saturated rings. The summed E-state index contributed by atoms with van der Waals surface area (Å²) in [7, 11) is 0. The lowest BCUT2D eigenvalue weighted by molar-refractivity contribution is -0.132. The van der Waals surface area contributed by atoms with Crippen molar-refractivity contribution in [1.82, 2.24) is 9.88 Å². The fourth-order valence-corrected chi connectivity index (χ4v) is 1.87. The van der Waals surface area contributed by atoms with Crippen LogP contribution in [0.25, 0.3) is 0 Å². The average Bonchev–Trinajstić information content (AvgIpc) is 2.71. The molecule has 4 nitrogen and oxygen atoms in total. The number of aliphatic hydroxyl groups is 1. The highest BCUT2D eigenvalue weighted by atomic mass is 16.3. The summed E-state index contributed by atoms with van der Waals surface area (Å²) in [5.41, 5.74) is 1.02. The predicted molar refractivity (Wildman–Crippen MR) is 56.3 cm³/mol. The maximum Gasteiger partial charge on any atom is 0.227 e. The minimum Gasteiger partial charge on any atom is -0.393 e. The van der Waals surface area contributed by atoms with Crippen molar-refractivity contribution in [3.8, 4) is 0 Å². The second-order valence-corrected chi connectivity index (χ2v) is 4.01. The summed E-state index contributed by atoms with van der Waals surface area (Å²) in [6.07, 6.45) is 5.32. The third-order valence-electron chi connectivity index (χ3n) is 2.83. The number of aromatic amines is 1. The summed E-state index contributed by atoms with van der Waals surface area (Å²) >= 11 is 0. The largest absolute Gasteiger partial charge is 0.393 e. The number of aromatic nitrogens is 1. The van der Waals surface area contributed by atoms with Crippen molar-refractivity contribution in [2.24, 2.45) is 0 Å². The first-order valence-corrected chi connectivity index (χ1v) is 5.33. The van der Waals surface area contributed by atoms with Gasteiger partial charge in [-0.05, 0) is 24.5 Å². The molecule has 0 spiro atoms. The van der Waals surface area contributed by atoms with Crippen molar-refractivity contribution in [2.75, 3.05) is 13.1 Å². The monoisotopic (exact) mass is 208 g/mol. The molecule has 1 aromatic rings. The van der Waals surface area contributed by atoms with Gasteiger partial charge in [-0.2, -0.15) is 0 Å². The molecule has 1 aliphatic heterocycles. The molecule has 0 saturated carbocycles. The molecule has 82 valence electrons. The predicted octanol–water partition coefficient (Wildman–Crippen LogP) is 0.541. The minimum absolute atomic E-state index is 0.154. The fraction of sp³-hybridized carbons (Fsp3) is 0.545. The van der Waals surface area contributed by atoms with E-state index in [9.17, 15) is 9.90 Å². The van der Waals surface area contributed by atoms with Crippen molar-refractivity contribution in [3.63, 3.8) is 0 Å². The van der Waals surface area contributed by atoms with Gasteiger partial charge in [0.15, 0.2) is 0 Å². The lowest BCUT2D eigenvalue weighted by Crippen LogP contribution is -2.40. The highest BCUT2D eigenvalue weighted by Crippen LogP contribution is 2.11. The van der Waals surface area contributed by atoms with Crippen LogP contribution < -0.4 is 0 Å². The Morgan fingerprint density at radius 3 is 2.87 bits per heavy atom. The van der Waals surface area contributed by atoms with Crippen molar-refractivity contribution in [3.05, 3.63) is 24.0 Å². The standard InChI is InChI=1S/C11H16N2O2/c14-10-2-5-13(6-3-10)11(15)7-9-1-4-12-8-9/h1,4,8,10,12,14H,2-3,5-7H2. The highest BCUT2D eigenvalue weighted by Gasteiger charge is 2.21. The summed E-state index contributed by atoms with van der Waals surface area (Å²) < 4.78 is 0. The Labute approximate surface area is 88.9 Å². The van der Waals surface area contributed by atoms with Gasteiger partial charge in [-0.25, -0.2) is 0 Å². The van der Waals surface area contributed by atoms with Crippen LogP contribution in [0.1, 0.15) is 18.4 Å². The number of hydrogen-bond acceptors (Lipinski definition) is 2. The quantitative estimate of drug-likeness (QED) is 0.745. The van der Waals surface area contributed by atoms with Gasteiger partial charge in [0.05, 0.1) is 12.5 Å². The number of hydrogen-bond donors (Lipinski definition) is 2. The second-order valence-electron chi connectivity index (χ2n) is 4.01. The van der Waals surface area contributed by atoms with Crippen molar-refractivity contribution in [2.45, 2.75) is 25.4 Å². The van der Waals surface area contributed by atoms with Crippen LogP contribution in [-0.4, -0.2) is 40.1 Å². The van der Waals surface area contributed by atoms with E-state index in [0.717, 1.165) is 5.56 Å². The number of piperidine rings is 1. The van der Waals surface area contributed by atoms with Crippen LogP contribution in [0.3, 0.4) is 0 Å². The lowest BCUT2D eigenvalue weighted by Gasteiger charge is -2.29. The van der Waals surface area contributed by atoms with E-state index in [0.29, 0.717) is 32.4 Å². The molecule has 15 heavy (non-hydrogen) atoms. The van der Waals surface area contributed by atoms with Gasteiger partial charge in [0, 0.05) is 25.5 Å². The maximum atomic E-state index is 11.8. The Bertz CT molecular complexity index is 313. The van der Waals surface area contributed by atoms with Gasteiger partial charge in [0.2, 0.25) is 5.91 Å². The fourth-order valence-electron chi connectivity index (χ4n) is 1.87. The molecule has 4 heteroatoms. The summed E-state index contributed by atoms with van der Waals surface area (Å²) in [5, 5.41) is 9.32. The van der Waals surface area contributed by atoms with Crippen LogP contribution in [0.15, 0.2) is 18.5 Å². The molecular formula is C11H16N2O2. The molecule has 0 aromatic carbocycles. The first-order valence-electron chi connectivity index (χ1n) is 5.33. The molecule has 0 unspecified atom stereocenters. The Morgan fingerprint density at radius 2 is 2.27 bits per heavy atom. The van der Waals surface area contributed by atoms with Gasteiger partial charge >= 0.3 is 0 Å². The van der Waals surface area contributed by atoms with Crippen LogP contribution in [-0.2, 0) is 11.2 Å². The molecule has 1 aliphatic rings. The number of carbonyl (C=O) groups is 1. The summed E-state index contributed by atoms with van der Waals surface area (Å²) in [5.74, 6) is 0.154. The van der Waals surface area contributed by atoms with Gasteiger partial charge in [0.1, 0.15) is 0 Å². The summed E-state index contributed by atoms with van der Waals surface area (Å²) in [4.78, 5) is 16.6. The van der Waals surface area contributed by atoms with Gasteiger partial charge in [-0.3, -0.25) is 4.79 Å². The second kappa shape index (κ2) is 4.49. The van der Waals surface area contributed by atoms with Crippen molar-refractivity contribution >= 4 is 5.91 Å². The van der Waals surface area contributed by atoms with Crippen LogP contribution in [0.2, 0.25) is 0 Å². The average molecular weight is 208 g/mol. The number of likely N-dealkylation sites (tertiary alicyclic amines) is 1. The van der Waals surface area contributed by atoms with Gasteiger partial charge in [-0.1, -0.05) is 0 Å². The van der Waals surface area contributed by atoms with Gasteiger partial charge in [0.25, 0.3) is 0 Å². The van der Waals surface area contributed by atoms with Crippen molar-refractivity contribution < 1.29 is 9.90 Å². The van der Waals surface area contributed by atoms with Crippen LogP contribution in [0.4, 0.5) is 0 Å². The highest BCUT2D eigenvalue weighted by molar-refractivity contribution is 5.78. The molecule has 0 atom stereocenters. The number of amides is 1. The Balaban J connectivity index is 1.86. The Hall–Kier alpha value is -1.29. The van der Waals surface area contributed by atoms with E-state index in [1.165, 1.54) is 0 Å². The zero-order valence-electron chi connectivity index (χ0n) is 8.65. The van der Waals surface area contributed by atoms with E-state index in [-0.39, 0.29) is 12.0 Å². The normalized spacial score (nSPS) is 18.1. The van der Waals surface area contributed by atoms with Crippen LogP contribution in [0, 0.1) is 0 Å². The molecule has 0 radical (unpaired) electrons. The Kier molecular flexibility index (Phi) is 3.06. The van der Waals surface area contributed by atoms with Crippen LogP contribution in [0.5, 0.6) is 0 Å². The molecule has 0 bridgehead atoms. The van der Waals surface area contributed by atoms with E-state index in [2.05, 4.69) is 4.98 Å². The lowest BCUT2D eigenvalue weighted by atomic mass is 10.1. The molecule has 2 heterocycles. The first-order chi connectivity index (χ1) is 7.25. The smallest absolute Gasteiger partial charge is 0.227 e. The molecule has 2 rings (SSSR count). The van der Waals surface area contributed by atoms with Gasteiger partial charge < -0.3 is 15.0 Å². The number of nitrogens with zero attached hydrogens (tertiary/aromatic N) is 1. The number of nitrogens with one attached hydrogen (secondary N) is 1. The molecule has 1 saturated heterocycles. The van der Waals surface area contributed by atoms with Crippen LogP contribution >= 0.6 is 0 Å².